The highest BCUT2D eigenvalue weighted by atomic mass is 32.1. The van der Waals surface area contributed by atoms with E-state index < -0.39 is 0 Å². The second-order valence-electron chi connectivity index (χ2n) is 6.31. The van der Waals surface area contributed by atoms with Crippen molar-refractivity contribution in [2.75, 3.05) is 7.05 Å². The number of nitrogens with zero attached hydrogens (tertiary/aromatic N) is 3. The number of thiophene rings is 1. The fourth-order valence-corrected chi connectivity index (χ4v) is 5.31. The molecule has 0 spiro atoms. The summed E-state index contributed by atoms with van der Waals surface area (Å²) in [5, 5.41) is 4.10. The maximum Gasteiger partial charge on any atom is 0.259 e. The van der Waals surface area contributed by atoms with Crippen LogP contribution in [0.25, 0.3) is 10.2 Å². The molecule has 0 fully saturated rings. The van der Waals surface area contributed by atoms with Crippen molar-refractivity contribution in [3.8, 4) is 0 Å². The van der Waals surface area contributed by atoms with E-state index in [1.165, 1.54) is 15.4 Å². The van der Waals surface area contributed by atoms with Gasteiger partial charge in [-0.25, -0.2) is 9.97 Å². The van der Waals surface area contributed by atoms with Crippen LogP contribution in [0.15, 0.2) is 10.2 Å². The van der Waals surface area contributed by atoms with Crippen molar-refractivity contribution >= 4 is 32.9 Å². The Bertz CT molecular complexity index is 940. The van der Waals surface area contributed by atoms with Crippen molar-refractivity contribution in [3.63, 3.8) is 0 Å². The molecule has 0 unspecified atom stereocenters. The van der Waals surface area contributed by atoms with Gasteiger partial charge in [0.2, 0.25) is 0 Å². The zero-order valence-electron chi connectivity index (χ0n) is 13.9. The Labute approximate surface area is 148 Å². The second-order valence-corrected chi connectivity index (χ2v) is 8.33. The van der Waals surface area contributed by atoms with E-state index in [9.17, 15) is 4.79 Å². The summed E-state index contributed by atoms with van der Waals surface area (Å²) in [7, 11) is 2.03. The summed E-state index contributed by atoms with van der Waals surface area (Å²) in [4.78, 5) is 29.2. The fraction of sp³-hybridized carbons (Fsp3) is 0.471. The van der Waals surface area contributed by atoms with Crippen LogP contribution in [0.4, 0.5) is 0 Å². The van der Waals surface area contributed by atoms with Crippen molar-refractivity contribution in [1.29, 1.82) is 0 Å². The Balaban J connectivity index is 1.55. The van der Waals surface area contributed by atoms with Gasteiger partial charge in [0.25, 0.3) is 5.56 Å². The fourth-order valence-electron chi connectivity index (χ4n) is 3.29. The van der Waals surface area contributed by atoms with Gasteiger partial charge < -0.3 is 4.98 Å². The lowest BCUT2D eigenvalue weighted by molar-refractivity contribution is 0.307. The van der Waals surface area contributed by atoms with Gasteiger partial charge in [-0.05, 0) is 38.3 Å². The third kappa shape index (κ3) is 2.92. The SMILES string of the molecule is CCc1nc(CN(C)Cc2nc3sc4c(c3c(=O)[nH]2)CCC4)cs1. The van der Waals surface area contributed by atoms with E-state index in [-0.39, 0.29) is 5.56 Å². The number of aryl methyl sites for hydroxylation is 3. The Kier molecular flexibility index (Phi) is 4.24. The molecule has 3 aromatic heterocycles. The van der Waals surface area contributed by atoms with Gasteiger partial charge in [0.1, 0.15) is 10.7 Å². The number of rotatable bonds is 5. The van der Waals surface area contributed by atoms with Crippen LogP contribution in [-0.4, -0.2) is 26.9 Å². The molecule has 7 heteroatoms. The largest absolute Gasteiger partial charge is 0.309 e. The van der Waals surface area contributed by atoms with Crippen molar-refractivity contribution < 1.29 is 0 Å². The van der Waals surface area contributed by atoms with Crippen molar-refractivity contribution in [3.05, 3.63) is 42.7 Å². The van der Waals surface area contributed by atoms with Crippen LogP contribution in [0.2, 0.25) is 0 Å². The number of fused-ring (bicyclic) bond motifs is 3. The first-order chi connectivity index (χ1) is 11.6. The number of aromatic nitrogens is 3. The van der Waals surface area contributed by atoms with Crippen LogP contribution in [0.3, 0.4) is 0 Å². The second kappa shape index (κ2) is 6.38. The van der Waals surface area contributed by atoms with Crippen molar-refractivity contribution in [2.45, 2.75) is 45.7 Å². The van der Waals surface area contributed by atoms with Gasteiger partial charge in [-0.3, -0.25) is 9.69 Å². The monoisotopic (exact) mass is 360 g/mol. The Morgan fingerprint density at radius 3 is 2.96 bits per heavy atom. The third-order valence-corrected chi connectivity index (χ3v) is 6.61. The van der Waals surface area contributed by atoms with Crippen LogP contribution in [0.5, 0.6) is 0 Å². The average molecular weight is 361 g/mol. The normalized spacial score (nSPS) is 14.0. The molecule has 0 aliphatic heterocycles. The molecule has 1 aliphatic carbocycles. The van der Waals surface area contributed by atoms with Gasteiger partial charge in [0.05, 0.1) is 22.6 Å². The number of H-pyrrole nitrogens is 1. The molecule has 0 saturated carbocycles. The zero-order valence-corrected chi connectivity index (χ0v) is 15.5. The summed E-state index contributed by atoms with van der Waals surface area (Å²) in [6.45, 7) is 3.50. The molecule has 1 aliphatic rings. The molecule has 0 radical (unpaired) electrons. The van der Waals surface area contributed by atoms with Gasteiger partial charge in [0, 0.05) is 16.8 Å². The van der Waals surface area contributed by atoms with Crippen LogP contribution >= 0.6 is 22.7 Å². The molecule has 0 aromatic carbocycles. The average Bonchev–Trinajstić information content (AvgIpc) is 3.21. The maximum atomic E-state index is 12.5. The molecule has 126 valence electrons. The molecule has 3 aromatic rings. The molecule has 1 N–H and O–H groups in total. The summed E-state index contributed by atoms with van der Waals surface area (Å²) in [6.07, 6.45) is 4.24. The first-order valence-corrected chi connectivity index (χ1v) is 9.99. The van der Waals surface area contributed by atoms with Gasteiger partial charge in [-0.15, -0.1) is 22.7 Å². The van der Waals surface area contributed by atoms with Crippen LogP contribution in [0, 0.1) is 0 Å². The minimum Gasteiger partial charge on any atom is -0.309 e. The molecule has 0 atom stereocenters. The van der Waals surface area contributed by atoms with Crippen molar-refractivity contribution in [1.82, 2.24) is 19.9 Å². The standard InChI is InChI=1S/C17H20N4OS2/c1-3-14-18-10(9-23-14)7-21(2)8-13-19-16(22)15-11-5-4-6-12(11)24-17(15)20-13/h9H,3-8H2,1-2H3,(H,19,20,22). The molecule has 24 heavy (non-hydrogen) atoms. The van der Waals surface area contributed by atoms with Crippen LogP contribution in [0.1, 0.15) is 40.3 Å². The molecule has 0 amide bonds. The maximum absolute atomic E-state index is 12.5. The van der Waals surface area contributed by atoms with E-state index in [4.69, 9.17) is 4.98 Å². The smallest absolute Gasteiger partial charge is 0.259 e. The zero-order chi connectivity index (χ0) is 16.7. The Hall–Kier alpha value is -1.57. The van der Waals surface area contributed by atoms with Gasteiger partial charge in [0.15, 0.2) is 0 Å². The Morgan fingerprint density at radius 2 is 2.17 bits per heavy atom. The molecule has 0 bridgehead atoms. The van der Waals surface area contributed by atoms with Crippen LogP contribution < -0.4 is 5.56 Å². The van der Waals surface area contributed by atoms with E-state index in [1.54, 1.807) is 22.7 Å². The quantitative estimate of drug-likeness (QED) is 0.759. The van der Waals surface area contributed by atoms with E-state index in [0.29, 0.717) is 6.54 Å². The minimum atomic E-state index is 0.0183. The topological polar surface area (TPSA) is 61.9 Å². The van der Waals surface area contributed by atoms with Gasteiger partial charge >= 0.3 is 0 Å². The summed E-state index contributed by atoms with van der Waals surface area (Å²) < 4.78 is 0. The predicted octanol–water partition coefficient (Wildman–Crippen LogP) is 3.12. The van der Waals surface area contributed by atoms with Crippen molar-refractivity contribution in [2.24, 2.45) is 0 Å². The highest BCUT2D eigenvalue weighted by Gasteiger charge is 2.21. The molecule has 3 heterocycles. The number of nitrogens with one attached hydrogen (secondary N) is 1. The molecule has 5 nitrogen and oxygen atoms in total. The van der Waals surface area contributed by atoms with E-state index >= 15 is 0 Å². The number of hydrogen-bond donors (Lipinski definition) is 1. The molecule has 4 rings (SSSR count). The van der Waals surface area contributed by atoms with E-state index in [0.717, 1.165) is 54.0 Å². The lowest BCUT2D eigenvalue weighted by atomic mass is 10.2. The van der Waals surface area contributed by atoms with Gasteiger partial charge in [-0.1, -0.05) is 6.92 Å². The predicted molar refractivity (Wildman–Crippen MR) is 98.9 cm³/mol. The third-order valence-electron chi connectivity index (χ3n) is 4.38. The molecular formula is C17H20N4OS2. The lowest BCUT2D eigenvalue weighted by Crippen LogP contribution is -2.22. The Morgan fingerprint density at radius 1 is 1.29 bits per heavy atom. The first-order valence-electron chi connectivity index (χ1n) is 8.29. The first kappa shape index (κ1) is 15.9. The van der Waals surface area contributed by atoms with Crippen LogP contribution in [-0.2, 0) is 32.4 Å². The van der Waals surface area contributed by atoms with E-state index in [1.807, 2.05) is 7.05 Å². The highest BCUT2D eigenvalue weighted by Crippen LogP contribution is 2.34. The molecular weight excluding hydrogens is 340 g/mol. The lowest BCUT2D eigenvalue weighted by Gasteiger charge is -2.14. The number of aromatic amines is 1. The summed E-state index contributed by atoms with van der Waals surface area (Å²) >= 11 is 3.40. The molecule has 0 saturated heterocycles. The number of hydrogen-bond acceptors (Lipinski definition) is 6. The minimum absolute atomic E-state index is 0.0183. The summed E-state index contributed by atoms with van der Waals surface area (Å²) in [5.74, 6) is 0.737. The highest BCUT2D eigenvalue weighted by molar-refractivity contribution is 7.18. The van der Waals surface area contributed by atoms with E-state index in [2.05, 4.69) is 27.2 Å². The summed E-state index contributed by atoms with van der Waals surface area (Å²) in [5.41, 5.74) is 2.33. The summed E-state index contributed by atoms with van der Waals surface area (Å²) in [6, 6.07) is 0. The van der Waals surface area contributed by atoms with Gasteiger partial charge in [-0.2, -0.15) is 0 Å². The number of thiazole rings is 1.